The molecule has 0 unspecified atom stereocenters. The lowest BCUT2D eigenvalue weighted by Crippen LogP contribution is -2.38. The molecule has 0 aliphatic rings. The maximum atomic E-state index is 12.9. The molecule has 0 bridgehead atoms. The fourth-order valence-electron chi connectivity index (χ4n) is 1.01. The summed E-state index contributed by atoms with van der Waals surface area (Å²) in [5.41, 5.74) is -0.828. The fraction of sp³-hybridized carbons (Fsp3) is 0.143. The van der Waals surface area contributed by atoms with Crippen molar-refractivity contribution < 1.29 is 31.9 Å². The van der Waals surface area contributed by atoms with Crippen LogP contribution in [-0.2, 0) is 6.04 Å². The van der Waals surface area contributed by atoms with Crippen LogP contribution in [0, 0.1) is 23.3 Å². The maximum absolute atomic E-state index is 12.9. The Morgan fingerprint density at radius 1 is 0.933 bits per heavy atom. The number of halogens is 4. The summed E-state index contributed by atoms with van der Waals surface area (Å²) in [4.78, 5) is 25.8. The van der Waals surface area contributed by atoms with Crippen molar-refractivity contribution in [2.45, 2.75) is 6.04 Å². The van der Waals surface area contributed by atoms with Crippen LogP contribution in [0.5, 0.6) is 0 Å². The quantitative estimate of drug-likeness (QED) is 0.301. The molecule has 0 saturated heterocycles. The molecule has 8 heteroatoms. The molecule has 0 aromatic heterocycles. The van der Waals surface area contributed by atoms with Crippen LogP contribution in [0.15, 0.2) is 6.07 Å². The second-order valence-electron chi connectivity index (χ2n) is 2.91. The molecule has 1 rings (SSSR count). The van der Waals surface area contributed by atoms with Crippen LogP contribution in [0.3, 0.4) is 0 Å². The Labute approximate surface area is 82.6 Å². The van der Waals surface area contributed by atoms with E-state index < -0.39 is 43.7 Å². The Bertz CT molecular complexity index is 391. The molecule has 0 saturated carbocycles. The predicted molar refractivity (Wildman–Crippen MR) is 42.4 cm³/mol. The summed E-state index contributed by atoms with van der Waals surface area (Å²) >= 11 is 0. The third kappa shape index (κ3) is 2.75. The molecule has 15 heavy (non-hydrogen) atoms. The average Bonchev–Trinajstić information content (AvgIpc) is 2.08. The van der Waals surface area contributed by atoms with Crippen molar-refractivity contribution in [3.63, 3.8) is 0 Å². The summed E-state index contributed by atoms with van der Waals surface area (Å²) in [5.74, 6) is -7.45. The molecule has 0 aliphatic carbocycles. The zero-order valence-electron chi connectivity index (χ0n) is 7.14. The van der Waals surface area contributed by atoms with Crippen molar-refractivity contribution in [3.8, 4) is 0 Å². The summed E-state index contributed by atoms with van der Waals surface area (Å²) in [6.07, 6.45) is 0. The Morgan fingerprint density at radius 2 is 1.47 bits per heavy atom. The van der Waals surface area contributed by atoms with Gasteiger partial charge in [-0.25, -0.2) is 17.6 Å². The van der Waals surface area contributed by atoms with E-state index in [1.807, 2.05) is 0 Å². The van der Waals surface area contributed by atoms with Crippen molar-refractivity contribution >= 4 is 8.80 Å². The molecular formula is C7H6F4O3Si. The van der Waals surface area contributed by atoms with Crippen molar-refractivity contribution in [2.75, 3.05) is 0 Å². The van der Waals surface area contributed by atoms with E-state index in [0.717, 1.165) is 0 Å². The molecule has 0 fully saturated rings. The first kappa shape index (κ1) is 12.1. The van der Waals surface area contributed by atoms with E-state index >= 15 is 0 Å². The summed E-state index contributed by atoms with van der Waals surface area (Å²) in [7, 11) is -4.69. The number of rotatable bonds is 2. The van der Waals surface area contributed by atoms with Gasteiger partial charge in [0, 0.05) is 6.04 Å². The molecule has 1 aromatic rings. The summed E-state index contributed by atoms with van der Waals surface area (Å²) in [6.45, 7) is 0. The first-order valence-electron chi connectivity index (χ1n) is 3.71. The van der Waals surface area contributed by atoms with Gasteiger partial charge in [0.15, 0.2) is 23.3 Å². The number of benzene rings is 1. The summed E-state index contributed by atoms with van der Waals surface area (Å²) < 4.78 is 50.5. The van der Waals surface area contributed by atoms with Gasteiger partial charge in [-0.05, 0) is 11.6 Å². The van der Waals surface area contributed by atoms with Gasteiger partial charge in [-0.3, -0.25) is 0 Å². The first-order valence-corrected chi connectivity index (χ1v) is 5.76. The average molecular weight is 242 g/mol. The van der Waals surface area contributed by atoms with Crippen LogP contribution >= 0.6 is 0 Å². The molecule has 0 heterocycles. The van der Waals surface area contributed by atoms with Gasteiger partial charge in [-0.1, -0.05) is 0 Å². The largest absolute Gasteiger partial charge is 0.497 e. The van der Waals surface area contributed by atoms with Crippen molar-refractivity contribution in [1.82, 2.24) is 0 Å². The second kappa shape index (κ2) is 3.89. The Hall–Kier alpha value is -0.963. The number of hydrogen-bond acceptors (Lipinski definition) is 3. The molecule has 84 valence electrons. The zero-order valence-corrected chi connectivity index (χ0v) is 8.14. The van der Waals surface area contributed by atoms with Crippen molar-refractivity contribution in [1.29, 1.82) is 0 Å². The second-order valence-corrected chi connectivity index (χ2v) is 4.81. The van der Waals surface area contributed by atoms with Gasteiger partial charge in [-0.15, -0.1) is 0 Å². The molecule has 1 aromatic carbocycles. The topological polar surface area (TPSA) is 60.7 Å². The SMILES string of the molecule is O[Si](O)(O)Cc1cc(F)c(F)c(F)c1F. The smallest absolute Gasteiger partial charge is 0.390 e. The van der Waals surface area contributed by atoms with E-state index in [1.54, 1.807) is 0 Å². The van der Waals surface area contributed by atoms with E-state index in [1.165, 1.54) is 0 Å². The molecule has 0 radical (unpaired) electrons. The third-order valence-electron chi connectivity index (χ3n) is 1.61. The van der Waals surface area contributed by atoms with Crippen molar-refractivity contribution in [2.24, 2.45) is 0 Å². The minimum Gasteiger partial charge on any atom is -0.390 e. The highest BCUT2D eigenvalue weighted by molar-refractivity contribution is 6.55. The lowest BCUT2D eigenvalue weighted by molar-refractivity contribution is 0.225. The van der Waals surface area contributed by atoms with E-state index in [4.69, 9.17) is 14.4 Å². The molecule has 0 atom stereocenters. The molecule has 0 aliphatic heterocycles. The monoisotopic (exact) mass is 242 g/mol. The van der Waals surface area contributed by atoms with Crippen LogP contribution in [0.1, 0.15) is 5.56 Å². The van der Waals surface area contributed by atoms with Crippen molar-refractivity contribution in [3.05, 3.63) is 34.9 Å². The maximum Gasteiger partial charge on any atom is 0.497 e. The first-order chi connectivity index (χ1) is 6.72. The normalized spacial score (nSPS) is 11.9. The van der Waals surface area contributed by atoms with E-state index in [0.29, 0.717) is 0 Å². The lowest BCUT2D eigenvalue weighted by atomic mass is 10.2. The highest BCUT2D eigenvalue weighted by atomic mass is 28.4. The van der Waals surface area contributed by atoms with Gasteiger partial charge < -0.3 is 14.4 Å². The molecule has 0 amide bonds. The molecular weight excluding hydrogens is 236 g/mol. The van der Waals surface area contributed by atoms with Gasteiger partial charge in [0.2, 0.25) is 0 Å². The Morgan fingerprint density at radius 3 is 1.93 bits per heavy atom. The van der Waals surface area contributed by atoms with Crippen LogP contribution in [0.25, 0.3) is 0 Å². The fourth-order valence-corrected chi connectivity index (χ4v) is 1.77. The number of hydrogen-bond donors (Lipinski definition) is 3. The van der Waals surface area contributed by atoms with Crippen LogP contribution < -0.4 is 0 Å². The predicted octanol–water partition coefficient (Wildman–Crippen LogP) is 0.241. The molecule has 3 nitrogen and oxygen atoms in total. The van der Waals surface area contributed by atoms with Crippen LogP contribution in [0.2, 0.25) is 0 Å². The minimum atomic E-state index is -4.69. The van der Waals surface area contributed by atoms with Crippen LogP contribution in [-0.4, -0.2) is 23.2 Å². The van der Waals surface area contributed by atoms with Gasteiger partial charge in [0.25, 0.3) is 0 Å². The molecule has 3 N–H and O–H groups in total. The highest BCUT2D eigenvalue weighted by Gasteiger charge is 2.31. The van der Waals surface area contributed by atoms with Gasteiger partial charge in [0.1, 0.15) is 0 Å². The highest BCUT2D eigenvalue weighted by Crippen LogP contribution is 2.20. The van der Waals surface area contributed by atoms with Crippen LogP contribution in [0.4, 0.5) is 17.6 Å². The van der Waals surface area contributed by atoms with Gasteiger partial charge in [0.05, 0.1) is 0 Å². The minimum absolute atomic E-state index is 0.262. The Kier molecular flexibility index (Phi) is 3.14. The molecule has 0 spiro atoms. The zero-order chi connectivity index (χ0) is 11.8. The summed E-state index contributed by atoms with van der Waals surface area (Å²) in [6, 6.07) is -0.787. The van der Waals surface area contributed by atoms with Gasteiger partial charge >= 0.3 is 8.80 Å². The Balaban J connectivity index is 3.21. The summed E-state index contributed by atoms with van der Waals surface area (Å²) in [5, 5.41) is 0. The lowest BCUT2D eigenvalue weighted by Gasteiger charge is -2.10. The van der Waals surface area contributed by atoms with E-state index in [2.05, 4.69) is 0 Å². The third-order valence-corrected chi connectivity index (χ3v) is 2.46. The van der Waals surface area contributed by atoms with E-state index in [9.17, 15) is 17.6 Å². The van der Waals surface area contributed by atoms with E-state index in [-0.39, 0.29) is 6.07 Å². The van der Waals surface area contributed by atoms with Gasteiger partial charge in [-0.2, -0.15) is 0 Å². The standard InChI is InChI=1S/C7H6F4O3Si/c8-4-1-3(2-15(12,13)14)5(9)7(11)6(4)10/h1,12-14H,2H2.